The molecule has 0 aliphatic carbocycles. The molecular weight excluding hydrogens is 691 g/mol. The predicted octanol–water partition coefficient (Wildman–Crippen LogP) is 5.71. The van der Waals surface area contributed by atoms with Crippen LogP contribution in [-0.4, -0.2) is 93.9 Å². The molecule has 14 heteroatoms. The molecule has 50 heavy (non-hydrogen) atoms. The monoisotopic (exact) mass is 727 g/mol. The van der Waals surface area contributed by atoms with Crippen LogP contribution in [0, 0.1) is 5.92 Å². The van der Waals surface area contributed by atoms with E-state index in [0.29, 0.717) is 93.4 Å². The average molecular weight is 729 g/mol. The summed E-state index contributed by atoms with van der Waals surface area (Å²) in [6.45, 7) is 0.466. The smallest absolute Gasteiger partial charge is 0.387 e. The Labute approximate surface area is 298 Å². The van der Waals surface area contributed by atoms with E-state index in [9.17, 15) is 23.8 Å². The van der Waals surface area contributed by atoms with E-state index in [1.54, 1.807) is 31.5 Å². The van der Waals surface area contributed by atoms with Gasteiger partial charge in [-0.1, -0.05) is 59.6 Å². The molecule has 4 heterocycles. The zero-order valence-electron chi connectivity index (χ0n) is 27.4. The number of benzene rings is 2. The number of nitrogens with zero attached hydrogens (tertiary/aromatic N) is 5. The number of pyridine rings is 1. The Morgan fingerprint density at radius 1 is 1.04 bits per heavy atom. The van der Waals surface area contributed by atoms with Gasteiger partial charge >= 0.3 is 6.61 Å². The molecule has 1 saturated heterocycles. The fourth-order valence-electron chi connectivity index (χ4n) is 6.58. The van der Waals surface area contributed by atoms with Crippen LogP contribution in [0.4, 0.5) is 8.78 Å². The number of halogens is 4. The Hall–Kier alpha value is -3.78. The number of β-amino-alcohol motifs (C(OH)–C–C–N with tert-alkyl or cyclic N) is 1. The minimum absolute atomic E-state index is 0.0133. The number of aromatic nitrogens is 3. The molecule has 10 nitrogen and oxygen atoms in total. The Balaban J connectivity index is 1.26. The number of alkyl halides is 2. The summed E-state index contributed by atoms with van der Waals surface area (Å²) >= 11 is 13.9. The van der Waals surface area contributed by atoms with E-state index >= 15 is 0 Å². The van der Waals surface area contributed by atoms with Gasteiger partial charge in [0.15, 0.2) is 5.78 Å². The molecule has 0 bridgehead atoms. The van der Waals surface area contributed by atoms with Crippen molar-refractivity contribution in [3.05, 3.63) is 86.9 Å². The minimum atomic E-state index is -3.06. The standard InChI is InChI=1S/C36H37Cl2F2N5O5/c1-49-35-30(19-45-10-8-21(17-45)20-47)41-16-28(43-35)26-7-3-6-24(34(26)38)23-5-2-4-22(33(23)37)14-31(48)27-15-32(50-36(39)40)25-9-11-44(12-13-46)18-29(25)42-27/h2-7,15-16,21,36,46-47H,8-14,17-20H2,1H3. The van der Waals surface area contributed by atoms with E-state index in [-0.39, 0.29) is 37.0 Å². The maximum Gasteiger partial charge on any atom is 0.387 e. The number of fused-ring (bicyclic) bond motifs is 1. The summed E-state index contributed by atoms with van der Waals surface area (Å²) in [7, 11) is 1.54. The summed E-state index contributed by atoms with van der Waals surface area (Å²) in [4.78, 5) is 31.7. The topological polar surface area (TPSA) is 121 Å². The number of Topliss-reactive ketones (excluding diaryl/α,β-unsaturated/α-hetero) is 1. The van der Waals surface area contributed by atoms with Crippen molar-refractivity contribution < 1.29 is 33.3 Å². The molecule has 1 fully saturated rings. The number of rotatable bonds is 13. The van der Waals surface area contributed by atoms with Gasteiger partial charge in [0.25, 0.3) is 0 Å². The number of ether oxygens (including phenoxy) is 2. The largest absolute Gasteiger partial charge is 0.480 e. The molecule has 2 N–H and O–H groups in total. The Kier molecular flexibility index (Phi) is 11.6. The molecule has 0 radical (unpaired) electrons. The van der Waals surface area contributed by atoms with Crippen molar-refractivity contribution in [2.45, 2.75) is 39.0 Å². The fraction of sp³-hybridized carbons (Fsp3) is 0.389. The van der Waals surface area contributed by atoms with Gasteiger partial charge < -0.3 is 19.7 Å². The first-order valence-corrected chi connectivity index (χ1v) is 17.1. The van der Waals surface area contributed by atoms with Gasteiger partial charge in [-0.05, 0) is 30.9 Å². The van der Waals surface area contributed by atoms with E-state index in [1.807, 2.05) is 23.1 Å². The molecule has 0 saturated carbocycles. The molecule has 6 rings (SSSR count). The lowest BCUT2D eigenvalue weighted by Gasteiger charge is -2.28. The number of likely N-dealkylation sites (tertiary alicyclic amines) is 1. The first-order valence-electron chi connectivity index (χ1n) is 16.3. The predicted molar refractivity (Wildman–Crippen MR) is 185 cm³/mol. The van der Waals surface area contributed by atoms with Gasteiger partial charge in [0.1, 0.15) is 17.1 Å². The maximum absolute atomic E-state index is 13.6. The lowest BCUT2D eigenvalue weighted by molar-refractivity contribution is -0.0508. The highest BCUT2D eigenvalue weighted by Gasteiger charge is 2.27. The molecule has 2 aliphatic rings. The summed E-state index contributed by atoms with van der Waals surface area (Å²) in [5.74, 6) is 0.144. The number of methoxy groups -OCH3 is 1. The molecule has 2 aromatic heterocycles. The Morgan fingerprint density at radius 2 is 1.80 bits per heavy atom. The highest BCUT2D eigenvalue weighted by atomic mass is 35.5. The highest BCUT2D eigenvalue weighted by Crippen LogP contribution is 2.40. The van der Waals surface area contributed by atoms with Crippen molar-refractivity contribution in [2.75, 3.05) is 46.5 Å². The zero-order valence-corrected chi connectivity index (χ0v) is 28.9. The van der Waals surface area contributed by atoms with Gasteiger partial charge in [-0.3, -0.25) is 19.6 Å². The van der Waals surface area contributed by atoms with Gasteiger partial charge in [0.05, 0.1) is 41.3 Å². The third kappa shape index (κ3) is 7.91. The van der Waals surface area contributed by atoms with Crippen molar-refractivity contribution in [3.63, 3.8) is 0 Å². The van der Waals surface area contributed by atoms with Crippen LogP contribution >= 0.6 is 23.2 Å². The lowest BCUT2D eigenvalue weighted by Crippen LogP contribution is -2.34. The van der Waals surface area contributed by atoms with E-state index in [2.05, 4.69) is 14.9 Å². The van der Waals surface area contributed by atoms with Crippen molar-refractivity contribution in [2.24, 2.45) is 5.92 Å². The summed E-state index contributed by atoms with van der Waals surface area (Å²) in [6, 6.07) is 12.0. The van der Waals surface area contributed by atoms with Crippen molar-refractivity contribution in [1.82, 2.24) is 24.8 Å². The van der Waals surface area contributed by atoms with Crippen LogP contribution in [-0.2, 0) is 25.9 Å². The number of hydrogen-bond donors (Lipinski definition) is 2. The highest BCUT2D eigenvalue weighted by molar-refractivity contribution is 6.38. The number of ketones is 1. The van der Waals surface area contributed by atoms with Crippen LogP contribution in [0.25, 0.3) is 22.4 Å². The number of carbonyl (C=O) groups is 1. The first-order chi connectivity index (χ1) is 24.2. The second kappa shape index (κ2) is 16.1. The first kappa shape index (κ1) is 36.0. The molecule has 1 unspecified atom stereocenters. The van der Waals surface area contributed by atoms with Gasteiger partial charge in [-0.2, -0.15) is 8.78 Å². The SMILES string of the molecule is COc1nc(-c2cccc(-c3cccc(CC(=O)c4cc(OC(F)F)c5c(n4)CN(CCO)CC5)c3Cl)c2Cl)cnc1CN1CCC(CO)C1. The second-order valence-electron chi connectivity index (χ2n) is 12.4. The summed E-state index contributed by atoms with van der Waals surface area (Å²) in [5, 5.41) is 19.6. The van der Waals surface area contributed by atoms with Gasteiger partial charge in [0, 0.05) is 74.1 Å². The van der Waals surface area contributed by atoms with Crippen LogP contribution < -0.4 is 9.47 Å². The second-order valence-corrected chi connectivity index (χ2v) is 13.1. The molecule has 264 valence electrons. The third-order valence-corrected chi connectivity index (χ3v) is 9.99. The van der Waals surface area contributed by atoms with Crippen molar-refractivity contribution in [1.29, 1.82) is 0 Å². The average Bonchev–Trinajstić information content (AvgIpc) is 3.57. The van der Waals surface area contributed by atoms with Crippen LogP contribution in [0.15, 0.2) is 48.7 Å². The van der Waals surface area contributed by atoms with Crippen LogP contribution in [0.5, 0.6) is 11.6 Å². The molecule has 2 aromatic carbocycles. The van der Waals surface area contributed by atoms with Crippen molar-refractivity contribution >= 4 is 29.0 Å². The summed E-state index contributed by atoms with van der Waals surface area (Å²) in [6.07, 6.45) is 2.83. The number of aliphatic hydroxyl groups excluding tert-OH is 2. The summed E-state index contributed by atoms with van der Waals surface area (Å²) in [5.41, 5.74) is 4.50. The lowest BCUT2D eigenvalue weighted by atomic mass is 9.97. The number of carbonyl (C=O) groups excluding carboxylic acids is 1. The molecule has 2 aliphatic heterocycles. The molecule has 1 atom stereocenters. The molecule has 4 aromatic rings. The normalized spacial score (nSPS) is 16.5. The van der Waals surface area contributed by atoms with Gasteiger partial charge in [-0.15, -0.1) is 0 Å². The number of aliphatic hydroxyl groups is 2. The van der Waals surface area contributed by atoms with Crippen LogP contribution in [0.1, 0.15) is 39.4 Å². The van der Waals surface area contributed by atoms with E-state index < -0.39 is 12.4 Å². The molecular formula is C36H37Cl2F2N5O5. The molecule has 0 spiro atoms. The minimum Gasteiger partial charge on any atom is -0.480 e. The van der Waals surface area contributed by atoms with Gasteiger partial charge in [-0.25, -0.2) is 9.97 Å². The van der Waals surface area contributed by atoms with Crippen molar-refractivity contribution in [3.8, 4) is 34.0 Å². The summed E-state index contributed by atoms with van der Waals surface area (Å²) < 4.78 is 37.1. The molecule has 0 amide bonds. The van der Waals surface area contributed by atoms with E-state index in [0.717, 1.165) is 19.5 Å². The van der Waals surface area contributed by atoms with Crippen LogP contribution in [0.2, 0.25) is 10.0 Å². The van der Waals surface area contributed by atoms with Gasteiger partial charge in [0.2, 0.25) is 5.88 Å². The Morgan fingerprint density at radius 3 is 2.52 bits per heavy atom. The zero-order chi connectivity index (χ0) is 35.4. The van der Waals surface area contributed by atoms with E-state index in [4.69, 9.17) is 37.7 Å². The van der Waals surface area contributed by atoms with Crippen LogP contribution in [0.3, 0.4) is 0 Å². The maximum atomic E-state index is 13.6. The van der Waals surface area contributed by atoms with E-state index in [1.165, 1.54) is 6.07 Å². The third-order valence-electron chi connectivity index (χ3n) is 9.14. The number of hydrogen-bond acceptors (Lipinski definition) is 10. The Bertz CT molecular complexity index is 1870. The quantitative estimate of drug-likeness (QED) is 0.166. The fourth-order valence-corrected chi connectivity index (χ4v) is 7.19.